The maximum Gasteiger partial charge on any atom is 0.0451 e. The largest absolute Gasteiger partial charge is 0.313 e. The van der Waals surface area contributed by atoms with Crippen LogP contribution in [0.15, 0.2) is 53.0 Å². The molecule has 20 heavy (non-hydrogen) atoms. The molecule has 0 saturated heterocycles. The van der Waals surface area contributed by atoms with Crippen LogP contribution in [0.3, 0.4) is 0 Å². The third-order valence-corrected chi connectivity index (χ3v) is 4.31. The Morgan fingerprint density at radius 1 is 1.15 bits per heavy atom. The van der Waals surface area contributed by atoms with Gasteiger partial charge < -0.3 is 5.32 Å². The molecule has 1 N–H and O–H groups in total. The van der Waals surface area contributed by atoms with Crippen molar-refractivity contribution >= 4 is 27.5 Å². The average molecular weight is 353 g/mol. The van der Waals surface area contributed by atoms with E-state index in [-0.39, 0.29) is 0 Å². The van der Waals surface area contributed by atoms with Gasteiger partial charge in [-0.15, -0.1) is 0 Å². The number of hydrogen-bond donors (Lipinski definition) is 1. The molecule has 1 atom stereocenters. The molecule has 0 aliphatic carbocycles. The number of hydrogen-bond acceptors (Lipinski definition) is 1. The Hall–Kier alpha value is -0.830. The third-order valence-electron chi connectivity index (χ3n) is 3.45. The second-order valence-electron chi connectivity index (χ2n) is 5.01. The summed E-state index contributed by atoms with van der Waals surface area (Å²) in [6.45, 7) is 4.06. The fraction of sp³-hybridized carbons (Fsp3) is 0.294. The van der Waals surface area contributed by atoms with Crippen molar-refractivity contribution in [1.29, 1.82) is 0 Å². The predicted octanol–water partition coefficient (Wildman–Crippen LogP) is 5.39. The van der Waals surface area contributed by atoms with E-state index in [1.807, 2.05) is 12.1 Å². The molecule has 0 heterocycles. The third kappa shape index (κ3) is 4.62. The van der Waals surface area contributed by atoms with Crippen molar-refractivity contribution in [2.75, 3.05) is 6.54 Å². The number of rotatable bonds is 6. The van der Waals surface area contributed by atoms with Gasteiger partial charge in [-0.05, 0) is 48.2 Å². The summed E-state index contributed by atoms with van der Waals surface area (Å²) < 4.78 is 1.07. The summed E-state index contributed by atoms with van der Waals surface area (Å²) in [6, 6.07) is 16.6. The first-order valence-electron chi connectivity index (χ1n) is 6.86. The molecule has 2 aromatic carbocycles. The van der Waals surface area contributed by atoms with E-state index in [2.05, 4.69) is 64.6 Å². The van der Waals surface area contributed by atoms with Gasteiger partial charge >= 0.3 is 0 Å². The fourth-order valence-electron chi connectivity index (χ4n) is 2.17. The van der Waals surface area contributed by atoms with Crippen LogP contribution in [0.2, 0.25) is 5.02 Å². The Bertz CT molecular complexity index is 542. The smallest absolute Gasteiger partial charge is 0.0451 e. The highest BCUT2D eigenvalue weighted by Crippen LogP contribution is 2.21. The molecule has 0 spiro atoms. The summed E-state index contributed by atoms with van der Waals surface area (Å²) in [4.78, 5) is 0. The standard InChI is InChI=1S/C17H19BrClN/c1-13(14-5-3-2-4-6-14)9-10-20-12-15-11-16(18)7-8-17(15)19/h2-8,11,13,20H,9-10,12H2,1H3. The van der Waals surface area contributed by atoms with Crippen LogP contribution in [-0.4, -0.2) is 6.54 Å². The second-order valence-corrected chi connectivity index (χ2v) is 6.34. The number of benzene rings is 2. The lowest BCUT2D eigenvalue weighted by Crippen LogP contribution is -2.16. The minimum Gasteiger partial charge on any atom is -0.313 e. The summed E-state index contributed by atoms with van der Waals surface area (Å²) in [6.07, 6.45) is 1.12. The molecule has 1 unspecified atom stereocenters. The molecular weight excluding hydrogens is 334 g/mol. The van der Waals surface area contributed by atoms with Gasteiger partial charge in [0.15, 0.2) is 0 Å². The van der Waals surface area contributed by atoms with Crippen molar-refractivity contribution < 1.29 is 0 Å². The molecule has 0 saturated carbocycles. The summed E-state index contributed by atoms with van der Waals surface area (Å²) >= 11 is 9.65. The van der Waals surface area contributed by atoms with Gasteiger partial charge in [0, 0.05) is 16.0 Å². The number of nitrogens with one attached hydrogen (secondary N) is 1. The van der Waals surface area contributed by atoms with E-state index in [0.29, 0.717) is 5.92 Å². The summed E-state index contributed by atoms with van der Waals surface area (Å²) in [5.41, 5.74) is 2.53. The average Bonchev–Trinajstić information content (AvgIpc) is 2.47. The molecule has 2 aromatic rings. The van der Waals surface area contributed by atoms with E-state index < -0.39 is 0 Å². The fourth-order valence-corrected chi connectivity index (χ4v) is 2.76. The quantitative estimate of drug-likeness (QED) is 0.688. The first kappa shape index (κ1) is 15.6. The molecule has 0 radical (unpaired) electrons. The minimum atomic E-state index is 0.571. The zero-order chi connectivity index (χ0) is 14.4. The molecular formula is C17H19BrClN. The van der Waals surface area contributed by atoms with Gasteiger partial charge in [0.1, 0.15) is 0 Å². The number of halogens is 2. The van der Waals surface area contributed by atoms with Crippen LogP contribution in [0.5, 0.6) is 0 Å². The van der Waals surface area contributed by atoms with Crippen LogP contribution in [0, 0.1) is 0 Å². The van der Waals surface area contributed by atoms with Crippen molar-refractivity contribution in [3.63, 3.8) is 0 Å². The van der Waals surface area contributed by atoms with E-state index >= 15 is 0 Å². The highest BCUT2D eigenvalue weighted by molar-refractivity contribution is 9.10. The van der Waals surface area contributed by atoms with Crippen LogP contribution in [0.1, 0.15) is 30.4 Å². The molecule has 0 fully saturated rings. The minimum absolute atomic E-state index is 0.571. The molecule has 2 rings (SSSR count). The van der Waals surface area contributed by atoms with Gasteiger partial charge in [0.25, 0.3) is 0 Å². The first-order valence-corrected chi connectivity index (χ1v) is 8.03. The highest BCUT2D eigenvalue weighted by atomic mass is 79.9. The van der Waals surface area contributed by atoms with Gasteiger partial charge in [-0.1, -0.05) is 64.8 Å². The molecule has 0 amide bonds. The molecule has 1 nitrogen and oxygen atoms in total. The van der Waals surface area contributed by atoms with Gasteiger partial charge in [-0.3, -0.25) is 0 Å². The Morgan fingerprint density at radius 2 is 1.90 bits per heavy atom. The van der Waals surface area contributed by atoms with Crippen LogP contribution in [-0.2, 0) is 6.54 Å². The summed E-state index contributed by atoms with van der Waals surface area (Å²) in [5.74, 6) is 0.571. The van der Waals surface area contributed by atoms with Crippen molar-refractivity contribution in [2.24, 2.45) is 0 Å². The van der Waals surface area contributed by atoms with Crippen LogP contribution < -0.4 is 5.32 Å². The van der Waals surface area contributed by atoms with Gasteiger partial charge in [0.05, 0.1) is 0 Å². The Balaban J connectivity index is 1.78. The molecule has 0 aliphatic heterocycles. The zero-order valence-corrected chi connectivity index (χ0v) is 13.9. The lowest BCUT2D eigenvalue weighted by atomic mass is 9.98. The Morgan fingerprint density at radius 3 is 2.65 bits per heavy atom. The normalized spacial score (nSPS) is 12.3. The molecule has 0 bridgehead atoms. The molecule has 0 aliphatic rings. The van der Waals surface area contributed by atoms with Crippen LogP contribution in [0.4, 0.5) is 0 Å². The van der Waals surface area contributed by atoms with Crippen molar-refractivity contribution in [3.05, 3.63) is 69.2 Å². The monoisotopic (exact) mass is 351 g/mol. The lowest BCUT2D eigenvalue weighted by Gasteiger charge is -2.13. The van der Waals surface area contributed by atoms with E-state index in [1.54, 1.807) is 0 Å². The van der Waals surface area contributed by atoms with Crippen LogP contribution >= 0.6 is 27.5 Å². The van der Waals surface area contributed by atoms with Crippen molar-refractivity contribution in [1.82, 2.24) is 5.32 Å². The van der Waals surface area contributed by atoms with E-state index in [4.69, 9.17) is 11.6 Å². The molecule has 0 aromatic heterocycles. The van der Waals surface area contributed by atoms with E-state index in [0.717, 1.165) is 34.6 Å². The summed E-state index contributed by atoms with van der Waals surface area (Å²) in [7, 11) is 0. The first-order chi connectivity index (χ1) is 9.66. The second kappa shape index (κ2) is 7.82. The van der Waals surface area contributed by atoms with Crippen LogP contribution in [0.25, 0.3) is 0 Å². The SMILES string of the molecule is CC(CCNCc1cc(Br)ccc1Cl)c1ccccc1. The maximum atomic E-state index is 6.17. The van der Waals surface area contributed by atoms with Gasteiger partial charge in [-0.2, -0.15) is 0 Å². The van der Waals surface area contributed by atoms with Gasteiger partial charge in [-0.25, -0.2) is 0 Å². The zero-order valence-electron chi connectivity index (χ0n) is 11.6. The summed E-state index contributed by atoms with van der Waals surface area (Å²) in [5, 5.41) is 4.28. The Labute approximate surface area is 134 Å². The topological polar surface area (TPSA) is 12.0 Å². The predicted molar refractivity (Wildman–Crippen MR) is 90.3 cm³/mol. The Kier molecular flexibility index (Phi) is 6.08. The van der Waals surface area contributed by atoms with E-state index in [1.165, 1.54) is 5.56 Å². The van der Waals surface area contributed by atoms with E-state index in [9.17, 15) is 0 Å². The lowest BCUT2D eigenvalue weighted by molar-refractivity contribution is 0.594. The molecule has 3 heteroatoms. The van der Waals surface area contributed by atoms with Crippen molar-refractivity contribution in [3.8, 4) is 0 Å². The molecule has 106 valence electrons. The maximum absolute atomic E-state index is 6.17. The van der Waals surface area contributed by atoms with Crippen molar-refractivity contribution in [2.45, 2.75) is 25.8 Å². The van der Waals surface area contributed by atoms with Gasteiger partial charge in [0.2, 0.25) is 0 Å². The highest BCUT2D eigenvalue weighted by Gasteiger charge is 2.05.